The summed E-state index contributed by atoms with van der Waals surface area (Å²) in [6.07, 6.45) is 2.08. The molecule has 20 heavy (non-hydrogen) atoms. The highest BCUT2D eigenvalue weighted by Crippen LogP contribution is 2.20. The van der Waals surface area contributed by atoms with E-state index < -0.39 is 0 Å². The Hall–Kier alpha value is -1.17. The SMILES string of the molecule is Cc1nc2sccn2c1CN[C@H](C)c1cccc(Br)c1. The van der Waals surface area contributed by atoms with Gasteiger partial charge in [-0.3, -0.25) is 4.40 Å². The summed E-state index contributed by atoms with van der Waals surface area (Å²) >= 11 is 5.19. The van der Waals surface area contributed by atoms with Gasteiger partial charge in [0.05, 0.1) is 11.4 Å². The standard InChI is InChI=1S/C15H16BrN3S/c1-10(12-4-3-5-13(16)8-12)17-9-14-11(2)18-15-19(14)6-7-20-15/h3-8,10,17H,9H2,1-2H3/t10-/m1/s1. The van der Waals surface area contributed by atoms with Crippen molar-refractivity contribution in [2.75, 3.05) is 0 Å². The fraction of sp³-hybridized carbons (Fsp3) is 0.267. The van der Waals surface area contributed by atoms with Gasteiger partial charge in [0.1, 0.15) is 0 Å². The van der Waals surface area contributed by atoms with E-state index in [0.717, 1.165) is 21.7 Å². The predicted molar refractivity (Wildman–Crippen MR) is 87.2 cm³/mol. The largest absolute Gasteiger partial charge is 0.305 e. The van der Waals surface area contributed by atoms with Crippen molar-refractivity contribution < 1.29 is 0 Å². The number of rotatable bonds is 4. The second kappa shape index (κ2) is 5.68. The number of nitrogens with zero attached hydrogens (tertiary/aromatic N) is 2. The predicted octanol–water partition coefficient (Wildman–Crippen LogP) is 4.32. The minimum absolute atomic E-state index is 0.302. The molecule has 1 aromatic carbocycles. The molecule has 1 atom stereocenters. The number of imidazole rings is 1. The molecule has 0 amide bonds. The number of benzene rings is 1. The lowest BCUT2D eigenvalue weighted by molar-refractivity contribution is 0.564. The molecule has 2 heterocycles. The molecule has 0 spiro atoms. The molecule has 104 valence electrons. The van der Waals surface area contributed by atoms with E-state index in [1.54, 1.807) is 11.3 Å². The maximum Gasteiger partial charge on any atom is 0.194 e. The summed E-state index contributed by atoms with van der Waals surface area (Å²) in [5.41, 5.74) is 3.62. The van der Waals surface area contributed by atoms with E-state index in [4.69, 9.17) is 0 Å². The summed E-state index contributed by atoms with van der Waals surface area (Å²) in [5.74, 6) is 0. The van der Waals surface area contributed by atoms with Crippen LogP contribution >= 0.6 is 27.3 Å². The number of aromatic nitrogens is 2. The number of hydrogen-bond donors (Lipinski definition) is 1. The van der Waals surface area contributed by atoms with Gasteiger partial charge in [0.25, 0.3) is 0 Å². The van der Waals surface area contributed by atoms with Gasteiger partial charge in [-0.2, -0.15) is 0 Å². The lowest BCUT2D eigenvalue weighted by Crippen LogP contribution is -2.19. The number of hydrogen-bond acceptors (Lipinski definition) is 3. The van der Waals surface area contributed by atoms with Crippen LogP contribution < -0.4 is 5.32 Å². The van der Waals surface area contributed by atoms with Crippen molar-refractivity contribution in [2.24, 2.45) is 0 Å². The second-order valence-electron chi connectivity index (χ2n) is 4.86. The molecule has 0 unspecified atom stereocenters. The summed E-state index contributed by atoms with van der Waals surface area (Å²) in [6.45, 7) is 5.07. The Morgan fingerprint density at radius 1 is 1.45 bits per heavy atom. The fourth-order valence-corrected chi connectivity index (χ4v) is 3.49. The van der Waals surface area contributed by atoms with Crippen LogP contribution in [0.15, 0.2) is 40.3 Å². The van der Waals surface area contributed by atoms with Crippen molar-refractivity contribution in [3.63, 3.8) is 0 Å². The molecular weight excluding hydrogens is 334 g/mol. The summed E-state index contributed by atoms with van der Waals surface area (Å²) in [7, 11) is 0. The quantitative estimate of drug-likeness (QED) is 0.759. The maximum absolute atomic E-state index is 4.57. The van der Waals surface area contributed by atoms with Crippen LogP contribution in [0.2, 0.25) is 0 Å². The Labute approximate surface area is 130 Å². The molecular formula is C15H16BrN3S. The highest BCUT2D eigenvalue weighted by molar-refractivity contribution is 9.10. The molecule has 0 aliphatic rings. The van der Waals surface area contributed by atoms with Gasteiger partial charge in [0.2, 0.25) is 0 Å². The second-order valence-corrected chi connectivity index (χ2v) is 6.65. The average Bonchev–Trinajstić information content (AvgIpc) is 2.97. The monoisotopic (exact) mass is 349 g/mol. The lowest BCUT2D eigenvalue weighted by atomic mass is 10.1. The van der Waals surface area contributed by atoms with E-state index in [-0.39, 0.29) is 0 Å². The highest BCUT2D eigenvalue weighted by atomic mass is 79.9. The zero-order valence-corrected chi connectivity index (χ0v) is 13.8. The van der Waals surface area contributed by atoms with Crippen LogP contribution in [0, 0.1) is 6.92 Å². The molecule has 1 N–H and O–H groups in total. The zero-order chi connectivity index (χ0) is 14.1. The third kappa shape index (κ3) is 2.66. The third-order valence-corrected chi connectivity index (χ3v) is 4.74. The summed E-state index contributed by atoms with van der Waals surface area (Å²) in [4.78, 5) is 5.64. The molecule has 0 fully saturated rings. The van der Waals surface area contributed by atoms with Gasteiger partial charge in [-0.15, -0.1) is 11.3 Å². The number of nitrogens with one attached hydrogen (secondary N) is 1. The molecule has 0 saturated carbocycles. The Kier molecular flexibility index (Phi) is 3.92. The van der Waals surface area contributed by atoms with Crippen LogP contribution in [-0.4, -0.2) is 9.38 Å². The van der Waals surface area contributed by atoms with Crippen LogP contribution in [0.25, 0.3) is 4.96 Å². The molecule has 3 rings (SSSR count). The Balaban J connectivity index is 1.76. The average molecular weight is 350 g/mol. The molecule has 2 aromatic heterocycles. The third-order valence-electron chi connectivity index (χ3n) is 3.49. The first-order chi connectivity index (χ1) is 9.65. The van der Waals surface area contributed by atoms with Crippen molar-refractivity contribution in [1.82, 2.24) is 14.7 Å². The van der Waals surface area contributed by atoms with Crippen molar-refractivity contribution in [1.29, 1.82) is 0 Å². The topological polar surface area (TPSA) is 29.3 Å². The van der Waals surface area contributed by atoms with E-state index >= 15 is 0 Å². The zero-order valence-electron chi connectivity index (χ0n) is 11.4. The molecule has 0 bridgehead atoms. The summed E-state index contributed by atoms with van der Waals surface area (Å²) in [5, 5.41) is 5.65. The van der Waals surface area contributed by atoms with Crippen LogP contribution in [-0.2, 0) is 6.54 Å². The van der Waals surface area contributed by atoms with Crippen molar-refractivity contribution in [3.05, 3.63) is 57.3 Å². The summed E-state index contributed by atoms with van der Waals surface area (Å²) in [6, 6.07) is 8.72. The van der Waals surface area contributed by atoms with E-state index in [9.17, 15) is 0 Å². The van der Waals surface area contributed by atoms with Crippen molar-refractivity contribution in [3.8, 4) is 0 Å². The molecule has 0 aliphatic carbocycles. The normalized spacial score (nSPS) is 12.9. The van der Waals surface area contributed by atoms with Gasteiger partial charge in [0.15, 0.2) is 4.96 Å². The van der Waals surface area contributed by atoms with Crippen LogP contribution in [0.1, 0.15) is 29.9 Å². The van der Waals surface area contributed by atoms with Crippen molar-refractivity contribution >= 4 is 32.2 Å². The van der Waals surface area contributed by atoms with Gasteiger partial charge >= 0.3 is 0 Å². The van der Waals surface area contributed by atoms with E-state index in [2.05, 4.69) is 74.3 Å². The highest BCUT2D eigenvalue weighted by Gasteiger charge is 2.11. The van der Waals surface area contributed by atoms with Crippen LogP contribution in [0.5, 0.6) is 0 Å². The van der Waals surface area contributed by atoms with E-state index in [0.29, 0.717) is 6.04 Å². The molecule has 0 saturated heterocycles. The van der Waals surface area contributed by atoms with Crippen LogP contribution in [0.4, 0.5) is 0 Å². The first kappa shape index (κ1) is 13.8. The molecule has 5 heteroatoms. The Morgan fingerprint density at radius 2 is 2.30 bits per heavy atom. The maximum atomic E-state index is 4.57. The minimum atomic E-state index is 0.302. The van der Waals surface area contributed by atoms with E-state index in [1.165, 1.54) is 11.3 Å². The van der Waals surface area contributed by atoms with Crippen LogP contribution in [0.3, 0.4) is 0 Å². The number of halogens is 1. The summed E-state index contributed by atoms with van der Waals surface area (Å²) < 4.78 is 3.28. The number of fused-ring (bicyclic) bond motifs is 1. The number of aryl methyl sites for hydroxylation is 1. The van der Waals surface area contributed by atoms with Crippen molar-refractivity contribution in [2.45, 2.75) is 26.4 Å². The fourth-order valence-electron chi connectivity index (χ4n) is 2.30. The van der Waals surface area contributed by atoms with Gasteiger partial charge in [-0.05, 0) is 31.5 Å². The van der Waals surface area contributed by atoms with Gasteiger partial charge < -0.3 is 5.32 Å². The first-order valence-corrected chi connectivity index (χ1v) is 8.22. The first-order valence-electron chi connectivity index (χ1n) is 6.55. The minimum Gasteiger partial charge on any atom is -0.305 e. The van der Waals surface area contributed by atoms with E-state index in [1.807, 2.05) is 6.07 Å². The molecule has 3 aromatic rings. The smallest absolute Gasteiger partial charge is 0.194 e. The lowest BCUT2D eigenvalue weighted by Gasteiger charge is -2.14. The molecule has 0 aliphatic heterocycles. The van der Waals surface area contributed by atoms with Gasteiger partial charge in [-0.1, -0.05) is 28.1 Å². The Morgan fingerprint density at radius 3 is 3.10 bits per heavy atom. The number of thiazole rings is 1. The molecule has 0 radical (unpaired) electrons. The van der Waals surface area contributed by atoms with Gasteiger partial charge in [-0.25, -0.2) is 4.98 Å². The van der Waals surface area contributed by atoms with Gasteiger partial charge in [0, 0.05) is 28.6 Å². The Bertz CT molecular complexity index is 732. The molecule has 3 nitrogen and oxygen atoms in total.